The molecule has 0 saturated carbocycles. The average molecular weight is 216 g/mol. The van der Waals surface area contributed by atoms with E-state index in [1.54, 1.807) is 4.90 Å². The van der Waals surface area contributed by atoms with Gasteiger partial charge in [-0.3, -0.25) is 0 Å². The van der Waals surface area contributed by atoms with E-state index in [1.807, 2.05) is 32.6 Å². The molecule has 0 unspecified atom stereocenters. The van der Waals surface area contributed by atoms with Gasteiger partial charge in [0.25, 0.3) is 0 Å². The van der Waals surface area contributed by atoms with Gasteiger partial charge in [0, 0.05) is 32.7 Å². The maximum absolute atomic E-state index is 5.05. The highest BCUT2D eigenvalue weighted by molar-refractivity contribution is 7.80. The van der Waals surface area contributed by atoms with Crippen LogP contribution in [0.5, 0.6) is 0 Å². The van der Waals surface area contributed by atoms with Gasteiger partial charge in [0.1, 0.15) is 5.82 Å². The van der Waals surface area contributed by atoms with Gasteiger partial charge in [-0.15, -0.1) is 0 Å². The molecular formula is C7H12N4S2. The van der Waals surface area contributed by atoms with Gasteiger partial charge in [0.15, 0.2) is 5.11 Å². The van der Waals surface area contributed by atoms with E-state index < -0.39 is 0 Å². The molecule has 0 fully saturated rings. The number of thiocarbonyl (C=S) groups is 1. The summed E-state index contributed by atoms with van der Waals surface area (Å²) >= 11 is 6.41. The second kappa shape index (κ2) is 3.97. The highest BCUT2D eigenvalue weighted by Gasteiger charge is 1.99. The van der Waals surface area contributed by atoms with Gasteiger partial charge in [-0.2, -0.15) is 9.37 Å². The zero-order valence-corrected chi connectivity index (χ0v) is 9.74. The summed E-state index contributed by atoms with van der Waals surface area (Å²) in [6.07, 6.45) is 0. The summed E-state index contributed by atoms with van der Waals surface area (Å²) in [7, 11) is 5.68. The molecule has 4 nitrogen and oxygen atoms in total. The molecule has 1 rings (SSSR count). The summed E-state index contributed by atoms with van der Waals surface area (Å²) in [5.74, 6) is 0.949. The van der Waals surface area contributed by atoms with Crippen LogP contribution in [0.1, 0.15) is 5.82 Å². The molecule has 0 aliphatic rings. The molecule has 0 bridgehead atoms. The van der Waals surface area contributed by atoms with Crippen molar-refractivity contribution < 1.29 is 0 Å². The fraction of sp³-hybridized carbons (Fsp3) is 0.571. The van der Waals surface area contributed by atoms with Crippen molar-refractivity contribution in [1.82, 2.24) is 13.8 Å². The fourth-order valence-corrected chi connectivity index (χ4v) is 1.51. The average Bonchev–Trinajstić information content (AvgIpc) is 2.36. The molecule has 0 aliphatic carbocycles. The van der Waals surface area contributed by atoms with Crippen molar-refractivity contribution in [2.45, 2.75) is 6.92 Å². The predicted molar refractivity (Wildman–Crippen MR) is 57.7 cm³/mol. The Labute approximate surface area is 86.7 Å². The summed E-state index contributed by atoms with van der Waals surface area (Å²) < 4.78 is 6.08. The van der Waals surface area contributed by atoms with E-state index in [2.05, 4.69) is 9.37 Å². The summed E-state index contributed by atoms with van der Waals surface area (Å²) in [5, 5.41) is 0.569. The minimum absolute atomic E-state index is 0.569. The molecule has 1 aromatic rings. The molecule has 0 amide bonds. The smallest absolute Gasteiger partial charge is 0.211 e. The van der Waals surface area contributed by atoms with Crippen LogP contribution in [0, 0.1) is 6.92 Å². The number of hydrogen-bond acceptors (Lipinski definition) is 3. The monoisotopic (exact) mass is 216 g/mol. The lowest BCUT2D eigenvalue weighted by molar-refractivity contribution is 0.625. The maximum Gasteiger partial charge on any atom is 0.211 e. The van der Waals surface area contributed by atoms with Crippen molar-refractivity contribution in [1.29, 1.82) is 0 Å². The number of rotatable bonds is 0. The Balaban J connectivity index is 3.08. The van der Waals surface area contributed by atoms with E-state index in [9.17, 15) is 0 Å². The second-order valence-electron chi connectivity index (χ2n) is 2.86. The third-order valence-corrected chi connectivity index (χ3v) is 2.95. The summed E-state index contributed by atoms with van der Waals surface area (Å²) in [6.45, 7) is 1.94. The van der Waals surface area contributed by atoms with Crippen LogP contribution >= 0.6 is 23.8 Å². The van der Waals surface area contributed by atoms with E-state index in [4.69, 9.17) is 12.2 Å². The van der Waals surface area contributed by atoms with Crippen LogP contribution in [-0.4, -0.2) is 33.0 Å². The largest absolute Gasteiger partial charge is 0.353 e. The summed E-state index contributed by atoms with van der Waals surface area (Å²) in [4.78, 5) is 6.88. The van der Waals surface area contributed by atoms with Gasteiger partial charge in [-0.25, -0.2) is 0 Å². The molecule has 0 spiro atoms. The Morgan fingerprint density at radius 3 is 2.62 bits per heavy atom. The molecule has 72 valence electrons. The van der Waals surface area contributed by atoms with Crippen LogP contribution in [0.25, 0.3) is 0 Å². The zero-order valence-electron chi connectivity index (χ0n) is 8.11. The summed E-state index contributed by atoms with van der Waals surface area (Å²) in [5.41, 5.74) is 0. The maximum atomic E-state index is 5.05. The van der Waals surface area contributed by atoms with Crippen molar-refractivity contribution >= 4 is 28.9 Å². The first-order chi connectivity index (χ1) is 6.02. The molecule has 0 N–H and O–H groups in total. The van der Waals surface area contributed by atoms with E-state index in [1.165, 1.54) is 11.5 Å². The number of nitrogens with zero attached hydrogens (tertiary/aromatic N) is 4. The number of aryl methyl sites for hydroxylation is 1. The van der Waals surface area contributed by atoms with Crippen molar-refractivity contribution in [3.8, 4) is 0 Å². The minimum atomic E-state index is 0.569. The number of hydrogen-bond donors (Lipinski definition) is 0. The molecule has 0 aromatic carbocycles. The zero-order chi connectivity index (χ0) is 10.0. The second-order valence-corrected chi connectivity index (χ2v) is 3.96. The first-order valence-electron chi connectivity index (χ1n) is 3.77. The van der Waals surface area contributed by atoms with E-state index in [0.717, 1.165) is 10.6 Å². The molecule has 6 heteroatoms. The van der Waals surface area contributed by atoms with Crippen molar-refractivity contribution in [2.75, 3.05) is 14.1 Å². The molecule has 0 aliphatic heterocycles. The van der Waals surface area contributed by atoms with Gasteiger partial charge in [-0.05, 0) is 19.1 Å². The normalized spacial score (nSPS) is 11.8. The van der Waals surface area contributed by atoms with Gasteiger partial charge in [0.05, 0.1) is 0 Å². The lowest BCUT2D eigenvalue weighted by atomic mass is 10.7. The van der Waals surface area contributed by atoms with Crippen molar-refractivity contribution in [2.24, 2.45) is 12.0 Å². The Morgan fingerprint density at radius 2 is 2.23 bits per heavy atom. The van der Waals surface area contributed by atoms with Gasteiger partial charge >= 0.3 is 0 Å². The molecule has 13 heavy (non-hydrogen) atoms. The first-order valence-corrected chi connectivity index (χ1v) is 4.96. The van der Waals surface area contributed by atoms with Crippen LogP contribution in [0.4, 0.5) is 0 Å². The first kappa shape index (κ1) is 10.3. The lowest BCUT2D eigenvalue weighted by Gasteiger charge is -2.07. The van der Waals surface area contributed by atoms with Crippen molar-refractivity contribution in [3.63, 3.8) is 0 Å². The molecule has 0 radical (unpaired) electrons. The standard InChI is InChI=1S/C7H12N4S2/c1-5-9-13-7(11(5)4)8-6(12)10(2)3/h1-4H3. The third kappa shape index (κ3) is 2.35. The van der Waals surface area contributed by atoms with E-state index in [0.29, 0.717) is 5.11 Å². The highest BCUT2D eigenvalue weighted by Crippen LogP contribution is 1.91. The Bertz CT molecular complexity index is 374. The molecule has 1 aromatic heterocycles. The Kier molecular flexibility index (Phi) is 3.16. The minimum Gasteiger partial charge on any atom is -0.353 e. The molecular weight excluding hydrogens is 204 g/mol. The fourth-order valence-electron chi connectivity index (χ4n) is 0.645. The third-order valence-electron chi connectivity index (χ3n) is 1.61. The lowest BCUT2D eigenvalue weighted by Crippen LogP contribution is -2.22. The predicted octanol–water partition coefficient (Wildman–Crippen LogP) is 0.537. The highest BCUT2D eigenvalue weighted by atomic mass is 32.1. The van der Waals surface area contributed by atoms with Gasteiger partial charge in [-0.1, -0.05) is 0 Å². The van der Waals surface area contributed by atoms with Crippen LogP contribution in [0.3, 0.4) is 0 Å². The number of aromatic nitrogens is 2. The van der Waals surface area contributed by atoms with E-state index in [-0.39, 0.29) is 0 Å². The van der Waals surface area contributed by atoms with Crippen LogP contribution in [-0.2, 0) is 7.05 Å². The van der Waals surface area contributed by atoms with Crippen LogP contribution in [0.2, 0.25) is 0 Å². The molecule has 0 saturated heterocycles. The van der Waals surface area contributed by atoms with Crippen LogP contribution < -0.4 is 4.80 Å². The summed E-state index contributed by atoms with van der Waals surface area (Å²) in [6, 6.07) is 0. The Morgan fingerprint density at radius 1 is 1.62 bits per heavy atom. The van der Waals surface area contributed by atoms with Crippen molar-refractivity contribution in [3.05, 3.63) is 10.6 Å². The quantitative estimate of drug-likeness (QED) is 0.593. The van der Waals surface area contributed by atoms with Gasteiger partial charge in [0.2, 0.25) is 4.80 Å². The Hall–Kier alpha value is -0.750. The van der Waals surface area contributed by atoms with Crippen LogP contribution in [0.15, 0.2) is 4.99 Å². The SMILES string of the molecule is Cc1nsc(=NC(=S)N(C)C)n1C. The van der Waals surface area contributed by atoms with E-state index >= 15 is 0 Å². The topological polar surface area (TPSA) is 33.4 Å². The van der Waals surface area contributed by atoms with Gasteiger partial charge < -0.3 is 9.47 Å². The molecule has 1 heterocycles. The molecule has 0 atom stereocenters.